The van der Waals surface area contributed by atoms with E-state index in [4.69, 9.17) is 0 Å². The van der Waals surface area contributed by atoms with E-state index in [1.807, 2.05) is 0 Å². The molecule has 0 radical (unpaired) electrons. The number of rotatable bonds is 5. The molecule has 0 aromatic heterocycles. The third-order valence-electron chi connectivity index (χ3n) is 1.51. The Morgan fingerprint density at radius 3 is 2.42 bits per heavy atom. The SMILES string of the molecule is C=CC[C@@H](CNC)CC(F)(F)F. The molecule has 0 aromatic rings. The molecule has 0 saturated carbocycles. The summed E-state index contributed by atoms with van der Waals surface area (Å²) in [6.07, 6.45) is -2.88. The molecule has 0 spiro atoms. The molecule has 0 aliphatic rings. The first kappa shape index (κ1) is 11.5. The van der Waals surface area contributed by atoms with E-state index in [2.05, 4.69) is 11.9 Å². The van der Waals surface area contributed by atoms with Gasteiger partial charge in [0.2, 0.25) is 0 Å². The predicted octanol–water partition coefficient (Wildman–Crippen LogP) is 2.35. The Balaban J connectivity index is 3.85. The van der Waals surface area contributed by atoms with Gasteiger partial charge < -0.3 is 5.32 Å². The van der Waals surface area contributed by atoms with Crippen LogP contribution in [-0.4, -0.2) is 19.8 Å². The minimum absolute atomic E-state index is 0.380. The molecule has 4 heteroatoms. The van der Waals surface area contributed by atoms with Gasteiger partial charge in [-0.2, -0.15) is 13.2 Å². The Bertz CT molecular complexity index is 131. The van der Waals surface area contributed by atoms with Crippen molar-refractivity contribution in [1.29, 1.82) is 0 Å². The van der Waals surface area contributed by atoms with Crippen LogP contribution >= 0.6 is 0 Å². The number of nitrogens with one attached hydrogen (secondary N) is 1. The van der Waals surface area contributed by atoms with Crippen LogP contribution in [0.5, 0.6) is 0 Å². The van der Waals surface area contributed by atoms with E-state index in [1.54, 1.807) is 7.05 Å². The molecular formula is C8H14F3N. The summed E-state index contributed by atoms with van der Waals surface area (Å²) < 4.78 is 35.7. The fourth-order valence-electron chi connectivity index (χ4n) is 1.09. The van der Waals surface area contributed by atoms with Gasteiger partial charge in [-0.1, -0.05) is 6.08 Å². The Morgan fingerprint density at radius 2 is 2.08 bits per heavy atom. The normalized spacial score (nSPS) is 14.3. The van der Waals surface area contributed by atoms with Crippen LogP contribution in [0, 0.1) is 5.92 Å². The van der Waals surface area contributed by atoms with Crippen molar-refractivity contribution >= 4 is 0 Å². The van der Waals surface area contributed by atoms with Crippen LogP contribution < -0.4 is 5.32 Å². The summed E-state index contributed by atoms with van der Waals surface area (Å²) in [5.74, 6) is -0.382. The molecule has 0 unspecified atom stereocenters. The molecule has 1 atom stereocenters. The molecule has 0 aliphatic heterocycles. The molecule has 0 aliphatic carbocycles. The Kier molecular flexibility index (Phi) is 4.97. The Hall–Kier alpha value is -0.510. The second-order valence-electron chi connectivity index (χ2n) is 2.77. The van der Waals surface area contributed by atoms with Crippen LogP contribution in [-0.2, 0) is 0 Å². The van der Waals surface area contributed by atoms with Gasteiger partial charge in [-0.25, -0.2) is 0 Å². The average Bonchev–Trinajstić information content (AvgIpc) is 1.84. The third-order valence-corrected chi connectivity index (χ3v) is 1.51. The highest BCUT2D eigenvalue weighted by molar-refractivity contribution is 4.76. The number of hydrogen-bond donors (Lipinski definition) is 1. The van der Waals surface area contributed by atoms with Crippen molar-refractivity contribution in [1.82, 2.24) is 5.32 Å². The first-order valence-corrected chi connectivity index (χ1v) is 3.82. The zero-order chi connectivity index (χ0) is 9.61. The molecule has 0 heterocycles. The number of halogens is 3. The maximum absolute atomic E-state index is 11.9. The molecule has 0 saturated heterocycles. The van der Waals surface area contributed by atoms with E-state index < -0.39 is 12.6 Å². The van der Waals surface area contributed by atoms with Crippen molar-refractivity contribution in [2.45, 2.75) is 19.0 Å². The summed E-state index contributed by atoms with van der Waals surface area (Å²) in [5, 5.41) is 2.73. The molecule has 0 bridgehead atoms. The lowest BCUT2D eigenvalue weighted by Crippen LogP contribution is -2.24. The Labute approximate surface area is 70.7 Å². The molecule has 0 amide bonds. The third kappa shape index (κ3) is 6.22. The van der Waals surface area contributed by atoms with E-state index in [0.29, 0.717) is 13.0 Å². The smallest absolute Gasteiger partial charge is 0.319 e. The lowest BCUT2D eigenvalue weighted by molar-refractivity contribution is -0.143. The summed E-state index contributed by atoms with van der Waals surface area (Å²) in [4.78, 5) is 0. The van der Waals surface area contributed by atoms with Crippen LogP contribution in [0.3, 0.4) is 0 Å². The molecule has 0 fully saturated rings. The van der Waals surface area contributed by atoms with Gasteiger partial charge >= 0.3 is 6.18 Å². The summed E-state index contributed by atoms with van der Waals surface area (Å²) in [5.41, 5.74) is 0. The number of hydrogen-bond acceptors (Lipinski definition) is 1. The standard InChI is InChI=1S/C8H14F3N/c1-3-4-7(6-12-2)5-8(9,10)11/h3,7,12H,1,4-6H2,2H3/t7-/m1/s1. The molecule has 0 rings (SSSR count). The molecule has 1 N–H and O–H groups in total. The van der Waals surface area contributed by atoms with Gasteiger partial charge in [-0.3, -0.25) is 0 Å². The van der Waals surface area contributed by atoms with Crippen molar-refractivity contribution in [3.8, 4) is 0 Å². The van der Waals surface area contributed by atoms with Crippen LogP contribution in [0.15, 0.2) is 12.7 Å². The summed E-state index contributed by atoms with van der Waals surface area (Å²) in [6, 6.07) is 0. The zero-order valence-corrected chi connectivity index (χ0v) is 7.12. The average molecular weight is 181 g/mol. The second kappa shape index (κ2) is 5.19. The predicted molar refractivity (Wildman–Crippen MR) is 42.9 cm³/mol. The van der Waals surface area contributed by atoms with Crippen molar-refractivity contribution in [2.75, 3.05) is 13.6 Å². The quantitative estimate of drug-likeness (QED) is 0.642. The van der Waals surface area contributed by atoms with Gasteiger partial charge in [-0.05, 0) is 25.9 Å². The first-order chi connectivity index (χ1) is 5.49. The van der Waals surface area contributed by atoms with E-state index in [-0.39, 0.29) is 5.92 Å². The molecule has 12 heavy (non-hydrogen) atoms. The fourth-order valence-corrected chi connectivity index (χ4v) is 1.09. The van der Waals surface area contributed by atoms with E-state index >= 15 is 0 Å². The minimum atomic E-state index is -4.06. The lowest BCUT2D eigenvalue weighted by Gasteiger charge is -2.16. The first-order valence-electron chi connectivity index (χ1n) is 3.82. The molecular weight excluding hydrogens is 167 g/mol. The molecule has 0 aromatic carbocycles. The van der Waals surface area contributed by atoms with Gasteiger partial charge in [0.1, 0.15) is 0 Å². The number of alkyl halides is 3. The Morgan fingerprint density at radius 1 is 1.50 bits per heavy atom. The maximum atomic E-state index is 11.9. The summed E-state index contributed by atoms with van der Waals surface area (Å²) in [7, 11) is 1.65. The van der Waals surface area contributed by atoms with Crippen molar-refractivity contribution in [2.24, 2.45) is 5.92 Å². The number of allylic oxidation sites excluding steroid dienone is 1. The fraction of sp³-hybridized carbons (Fsp3) is 0.750. The summed E-state index contributed by atoms with van der Waals surface area (Å²) in [6.45, 7) is 3.80. The zero-order valence-electron chi connectivity index (χ0n) is 7.12. The second-order valence-corrected chi connectivity index (χ2v) is 2.77. The van der Waals surface area contributed by atoms with Crippen molar-refractivity contribution < 1.29 is 13.2 Å². The van der Waals surface area contributed by atoms with Crippen molar-refractivity contribution in [3.05, 3.63) is 12.7 Å². The van der Waals surface area contributed by atoms with Crippen molar-refractivity contribution in [3.63, 3.8) is 0 Å². The van der Waals surface area contributed by atoms with Gasteiger partial charge in [0, 0.05) is 6.42 Å². The topological polar surface area (TPSA) is 12.0 Å². The highest BCUT2D eigenvalue weighted by Crippen LogP contribution is 2.26. The van der Waals surface area contributed by atoms with Gasteiger partial charge in [0.05, 0.1) is 0 Å². The summed E-state index contributed by atoms with van der Waals surface area (Å²) >= 11 is 0. The van der Waals surface area contributed by atoms with E-state index in [0.717, 1.165) is 0 Å². The maximum Gasteiger partial charge on any atom is 0.389 e. The van der Waals surface area contributed by atoms with Crippen LogP contribution in [0.25, 0.3) is 0 Å². The van der Waals surface area contributed by atoms with E-state index in [1.165, 1.54) is 6.08 Å². The lowest BCUT2D eigenvalue weighted by atomic mass is 10.0. The van der Waals surface area contributed by atoms with Gasteiger partial charge in [0.15, 0.2) is 0 Å². The largest absolute Gasteiger partial charge is 0.389 e. The van der Waals surface area contributed by atoms with Gasteiger partial charge in [-0.15, -0.1) is 6.58 Å². The van der Waals surface area contributed by atoms with Crippen LogP contribution in [0.2, 0.25) is 0 Å². The molecule has 72 valence electrons. The molecule has 1 nitrogen and oxygen atoms in total. The van der Waals surface area contributed by atoms with Crippen LogP contribution in [0.4, 0.5) is 13.2 Å². The minimum Gasteiger partial charge on any atom is -0.319 e. The highest BCUT2D eigenvalue weighted by atomic mass is 19.4. The van der Waals surface area contributed by atoms with Crippen LogP contribution in [0.1, 0.15) is 12.8 Å². The monoisotopic (exact) mass is 181 g/mol. The highest BCUT2D eigenvalue weighted by Gasteiger charge is 2.30. The van der Waals surface area contributed by atoms with E-state index in [9.17, 15) is 13.2 Å². The van der Waals surface area contributed by atoms with Gasteiger partial charge in [0.25, 0.3) is 0 Å².